The van der Waals surface area contributed by atoms with Crippen LogP contribution in [-0.2, 0) is 0 Å². The first-order valence-electron chi connectivity index (χ1n) is 7.09. The Morgan fingerprint density at radius 2 is 1.74 bits per heavy atom. The van der Waals surface area contributed by atoms with E-state index in [0.717, 1.165) is 11.3 Å². The number of aryl methyl sites for hydroxylation is 2. The summed E-state index contributed by atoms with van der Waals surface area (Å²) in [5.74, 6) is -0.373. The quantitative estimate of drug-likeness (QED) is 0.627. The van der Waals surface area contributed by atoms with Gasteiger partial charge in [-0.3, -0.25) is 25.2 Å². The van der Waals surface area contributed by atoms with Crippen molar-refractivity contribution in [3.63, 3.8) is 0 Å². The molecule has 0 saturated heterocycles. The molecule has 23 heavy (non-hydrogen) atoms. The number of nitro benzene ring substituents is 2. The molecule has 0 unspecified atom stereocenters. The van der Waals surface area contributed by atoms with Crippen molar-refractivity contribution in [3.8, 4) is 0 Å². The molecule has 0 bridgehead atoms. The number of benzene rings is 1. The number of nitrogens with zero attached hydrogens (tertiary/aromatic N) is 3. The second-order valence-electron chi connectivity index (χ2n) is 5.57. The zero-order chi connectivity index (χ0) is 17.3. The standard InChI is InChI=1S/C16H17N3O4/c1-9-7-14(18(20)21)12(4)15(16(9)19(22)23)11(3)13-6-5-10(2)17-8-13/h5-8,11H,1-4H3/t11-/m1/s1. The van der Waals surface area contributed by atoms with E-state index in [0.29, 0.717) is 11.1 Å². The monoisotopic (exact) mass is 315 g/mol. The van der Waals surface area contributed by atoms with Crippen LogP contribution in [0.5, 0.6) is 0 Å². The predicted molar refractivity (Wildman–Crippen MR) is 85.7 cm³/mol. The van der Waals surface area contributed by atoms with Crippen molar-refractivity contribution in [2.24, 2.45) is 0 Å². The molecular weight excluding hydrogens is 298 g/mol. The van der Waals surface area contributed by atoms with E-state index < -0.39 is 9.85 Å². The molecule has 0 N–H and O–H groups in total. The van der Waals surface area contributed by atoms with Gasteiger partial charge in [-0.25, -0.2) is 0 Å². The van der Waals surface area contributed by atoms with E-state index in [-0.39, 0.29) is 22.9 Å². The fourth-order valence-corrected chi connectivity index (χ4v) is 2.77. The highest BCUT2D eigenvalue weighted by molar-refractivity contribution is 5.62. The van der Waals surface area contributed by atoms with E-state index in [9.17, 15) is 20.2 Å². The fourth-order valence-electron chi connectivity index (χ4n) is 2.77. The van der Waals surface area contributed by atoms with Gasteiger partial charge in [0.25, 0.3) is 11.4 Å². The van der Waals surface area contributed by atoms with Crippen molar-refractivity contribution in [1.29, 1.82) is 0 Å². The number of hydrogen-bond acceptors (Lipinski definition) is 5. The van der Waals surface area contributed by atoms with Gasteiger partial charge in [-0.2, -0.15) is 0 Å². The van der Waals surface area contributed by atoms with Crippen LogP contribution >= 0.6 is 0 Å². The Hall–Kier alpha value is -2.83. The maximum absolute atomic E-state index is 11.5. The van der Waals surface area contributed by atoms with Gasteiger partial charge >= 0.3 is 0 Å². The maximum atomic E-state index is 11.5. The Morgan fingerprint density at radius 3 is 2.22 bits per heavy atom. The topological polar surface area (TPSA) is 99.2 Å². The van der Waals surface area contributed by atoms with E-state index >= 15 is 0 Å². The van der Waals surface area contributed by atoms with Gasteiger partial charge in [-0.1, -0.05) is 13.0 Å². The summed E-state index contributed by atoms with van der Waals surface area (Å²) < 4.78 is 0. The molecule has 1 heterocycles. The summed E-state index contributed by atoms with van der Waals surface area (Å²) in [6.07, 6.45) is 1.65. The van der Waals surface area contributed by atoms with Gasteiger partial charge in [0, 0.05) is 40.6 Å². The number of nitro groups is 2. The van der Waals surface area contributed by atoms with Crippen LogP contribution in [0.4, 0.5) is 11.4 Å². The third-order valence-corrected chi connectivity index (χ3v) is 4.02. The van der Waals surface area contributed by atoms with Gasteiger partial charge in [0.1, 0.15) is 0 Å². The second-order valence-corrected chi connectivity index (χ2v) is 5.57. The lowest BCUT2D eigenvalue weighted by molar-refractivity contribution is -0.390. The van der Waals surface area contributed by atoms with Gasteiger partial charge in [0.05, 0.1) is 9.85 Å². The Bertz CT molecular complexity index is 785. The molecule has 0 spiro atoms. The van der Waals surface area contributed by atoms with Crippen LogP contribution in [0.25, 0.3) is 0 Å². The van der Waals surface area contributed by atoms with Crippen molar-refractivity contribution in [3.05, 3.63) is 72.6 Å². The Kier molecular flexibility index (Phi) is 4.40. The smallest absolute Gasteiger partial charge is 0.261 e. The molecule has 7 nitrogen and oxygen atoms in total. The van der Waals surface area contributed by atoms with E-state index in [1.54, 1.807) is 20.0 Å². The van der Waals surface area contributed by atoms with Crippen molar-refractivity contribution in [2.45, 2.75) is 33.6 Å². The SMILES string of the molecule is Cc1ccc([C@@H](C)c2c(C)c([N+](=O)[O-])cc(C)c2[N+](=O)[O-])cn1. The highest BCUT2D eigenvalue weighted by atomic mass is 16.6. The summed E-state index contributed by atoms with van der Waals surface area (Å²) in [7, 11) is 0. The van der Waals surface area contributed by atoms with E-state index in [1.165, 1.54) is 13.0 Å². The summed E-state index contributed by atoms with van der Waals surface area (Å²) in [6.45, 7) is 6.72. The molecule has 0 aliphatic rings. The first kappa shape index (κ1) is 16.5. The first-order chi connectivity index (χ1) is 10.7. The highest BCUT2D eigenvalue weighted by Crippen LogP contribution is 2.40. The van der Waals surface area contributed by atoms with Crippen LogP contribution in [0.1, 0.15) is 40.8 Å². The molecule has 0 amide bonds. The molecule has 1 aromatic heterocycles. The molecule has 0 fully saturated rings. The minimum atomic E-state index is -0.504. The van der Waals surface area contributed by atoms with Gasteiger partial charge in [-0.15, -0.1) is 0 Å². The Morgan fingerprint density at radius 1 is 1.09 bits per heavy atom. The molecular formula is C16H17N3O4. The van der Waals surface area contributed by atoms with E-state index in [4.69, 9.17) is 0 Å². The summed E-state index contributed by atoms with van der Waals surface area (Å²) in [5.41, 5.74) is 2.42. The number of pyridine rings is 1. The Balaban J connectivity index is 2.74. The van der Waals surface area contributed by atoms with Gasteiger partial charge in [-0.05, 0) is 32.4 Å². The highest BCUT2D eigenvalue weighted by Gasteiger charge is 2.30. The van der Waals surface area contributed by atoms with Crippen LogP contribution < -0.4 is 0 Å². The normalized spacial score (nSPS) is 12.0. The molecule has 7 heteroatoms. The lowest BCUT2D eigenvalue weighted by Crippen LogP contribution is -2.08. The van der Waals surface area contributed by atoms with Crippen molar-refractivity contribution in [2.75, 3.05) is 0 Å². The van der Waals surface area contributed by atoms with Gasteiger partial charge in [0.2, 0.25) is 0 Å². The lowest BCUT2D eigenvalue weighted by Gasteiger charge is -2.16. The number of aromatic nitrogens is 1. The molecule has 1 atom stereocenters. The van der Waals surface area contributed by atoms with Crippen LogP contribution in [0.3, 0.4) is 0 Å². The first-order valence-corrected chi connectivity index (χ1v) is 7.09. The largest absolute Gasteiger partial charge is 0.276 e. The molecule has 0 radical (unpaired) electrons. The minimum absolute atomic E-state index is 0.0684. The van der Waals surface area contributed by atoms with Gasteiger partial charge < -0.3 is 0 Å². The van der Waals surface area contributed by atoms with Crippen molar-refractivity contribution >= 4 is 11.4 Å². The zero-order valence-corrected chi connectivity index (χ0v) is 13.4. The molecule has 1 aromatic carbocycles. The molecule has 120 valence electrons. The summed E-state index contributed by atoms with van der Waals surface area (Å²) in [4.78, 5) is 25.9. The lowest BCUT2D eigenvalue weighted by atomic mass is 9.87. The number of hydrogen-bond donors (Lipinski definition) is 0. The Labute approximate surface area is 133 Å². The molecule has 2 aromatic rings. The molecule has 0 saturated carbocycles. The number of rotatable bonds is 4. The van der Waals surface area contributed by atoms with Crippen molar-refractivity contribution < 1.29 is 9.85 Å². The third-order valence-electron chi connectivity index (χ3n) is 4.02. The van der Waals surface area contributed by atoms with Crippen LogP contribution in [0, 0.1) is 41.0 Å². The molecule has 2 rings (SSSR count). The van der Waals surface area contributed by atoms with Gasteiger partial charge in [0.15, 0.2) is 0 Å². The average molecular weight is 315 g/mol. The fraction of sp³-hybridized carbons (Fsp3) is 0.312. The molecule has 0 aliphatic heterocycles. The maximum Gasteiger partial charge on any atom is 0.276 e. The van der Waals surface area contributed by atoms with Crippen molar-refractivity contribution in [1.82, 2.24) is 4.98 Å². The summed E-state index contributed by atoms with van der Waals surface area (Å²) in [6, 6.07) is 4.92. The van der Waals surface area contributed by atoms with Crippen LogP contribution in [-0.4, -0.2) is 14.8 Å². The third kappa shape index (κ3) is 3.03. The van der Waals surface area contributed by atoms with E-state index in [2.05, 4.69) is 4.98 Å². The van der Waals surface area contributed by atoms with Crippen LogP contribution in [0.15, 0.2) is 24.4 Å². The summed E-state index contributed by atoms with van der Waals surface area (Å²) in [5, 5.41) is 22.7. The average Bonchev–Trinajstić information content (AvgIpc) is 2.48. The molecule has 0 aliphatic carbocycles. The summed E-state index contributed by atoms with van der Waals surface area (Å²) >= 11 is 0. The zero-order valence-electron chi connectivity index (χ0n) is 13.4. The van der Waals surface area contributed by atoms with E-state index in [1.807, 2.05) is 19.1 Å². The minimum Gasteiger partial charge on any atom is -0.261 e. The van der Waals surface area contributed by atoms with Crippen LogP contribution in [0.2, 0.25) is 0 Å². The predicted octanol–water partition coefficient (Wildman–Crippen LogP) is 3.98. The second kappa shape index (κ2) is 6.12.